The highest BCUT2D eigenvalue weighted by molar-refractivity contribution is 9.10. The zero-order valence-corrected chi connectivity index (χ0v) is 15.1. The summed E-state index contributed by atoms with van der Waals surface area (Å²) in [6.07, 6.45) is 0.665. The van der Waals surface area contributed by atoms with Crippen LogP contribution in [0.4, 0.5) is 10.5 Å². The first-order valence-corrected chi connectivity index (χ1v) is 7.99. The van der Waals surface area contributed by atoms with Crippen molar-refractivity contribution in [1.82, 2.24) is 10.3 Å². The Morgan fingerprint density at radius 2 is 2.04 bits per heavy atom. The lowest BCUT2D eigenvalue weighted by Crippen LogP contribution is -2.37. The summed E-state index contributed by atoms with van der Waals surface area (Å²) in [4.78, 5) is 27.6. The van der Waals surface area contributed by atoms with Gasteiger partial charge in [0.05, 0.1) is 11.7 Å². The van der Waals surface area contributed by atoms with Crippen LogP contribution in [0, 0.1) is 0 Å². The van der Waals surface area contributed by atoms with E-state index >= 15 is 0 Å². The Kier molecular flexibility index (Phi) is 5.28. The zero-order valence-electron chi connectivity index (χ0n) is 13.5. The predicted octanol–water partition coefficient (Wildman–Crippen LogP) is 3.17. The number of nitrogens with one attached hydrogen (secondary N) is 2. The topological polar surface area (TPSA) is 101 Å². The third-order valence-electron chi connectivity index (χ3n) is 2.87. The Labute approximate surface area is 147 Å². The number of aromatic nitrogens is 1. The second-order valence-corrected chi connectivity index (χ2v) is 7.00. The molecule has 1 aromatic carbocycles. The van der Waals surface area contributed by atoms with Gasteiger partial charge in [0.25, 0.3) is 0 Å². The van der Waals surface area contributed by atoms with Crippen LogP contribution in [-0.2, 0) is 9.53 Å². The van der Waals surface area contributed by atoms with Crippen molar-refractivity contribution in [2.45, 2.75) is 26.4 Å². The van der Waals surface area contributed by atoms with Crippen molar-refractivity contribution in [2.24, 2.45) is 0 Å². The van der Waals surface area contributed by atoms with Crippen LogP contribution in [-0.4, -0.2) is 34.2 Å². The van der Waals surface area contributed by atoms with Crippen LogP contribution in [0.2, 0.25) is 0 Å². The summed E-state index contributed by atoms with van der Waals surface area (Å²) in [6, 6.07) is 5.21. The Bertz CT molecular complexity index is 787. The summed E-state index contributed by atoms with van der Waals surface area (Å²) in [7, 11) is 0. The van der Waals surface area contributed by atoms with Gasteiger partial charge in [-0.3, -0.25) is 9.78 Å². The van der Waals surface area contributed by atoms with Gasteiger partial charge in [-0.2, -0.15) is 0 Å². The Morgan fingerprint density at radius 1 is 1.33 bits per heavy atom. The van der Waals surface area contributed by atoms with Crippen LogP contribution in [0.1, 0.15) is 20.8 Å². The first-order chi connectivity index (χ1) is 11.2. The van der Waals surface area contributed by atoms with E-state index in [0.717, 1.165) is 4.47 Å². The second-order valence-electron chi connectivity index (χ2n) is 6.09. The molecule has 1 aromatic heterocycles. The highest BCUT2D eigenvalue weighted by Crippen LogP contribution is 2.32. The first-order valence-electron chi connectivity index (χ1n) is 7.19. The Hall–Kier alpha value is -2.35. The van der Waals surface area contributed by atoms with Crippen LogP contribution >= 0.6 is 15.9 Å². The van der Waals surface area contributed by atoms with Gasteiger partial charge in [0.15, 0.2) is 0 Å². The number of carbonyl (C=O) groups excluding carboxylic acids is 2. The average molecular weight is 396 g/mol. The molecular formula is C16H18BrN3O4. The molecule has 0 spiro atoms. The van der Waals surface area contributed by atoms with Gasteiger partial charge in [0.2, 0.25) is 5.91 Å². The van der Waals surface area contributed by atoms with E-state index in [1.54, 1.807) is 39.0 Å². The third-order valence-corrected chi connectivity index (χ3v) is 3.36. The lowest BCUT2D eigenvalue weighted by Gasteiger charge is -2.19. The SMILES string of the molecule is CC(C)(C)OC(=O)NCC(=O)Nc1cnc2cc(Br)ccc2c1O. The standard InChI is InChI=1S/C16H18BrN3O4/c1-16(2,3)24-15(23)19-8-13(21)20-12-7-18-11-6-9(17)4-5-10(11)14(12)22/h4-7H,8H2,1-3H3,(H,18,22)(H,19,23)(H,20,21). The summed E-state index contributed by atoms with van der Waals surface area (Å²) < 4.78 is 5.87. The number of nitrogens with zero attached hydrogens (tertiary/aromatic N) is 1. The molecule has 1 heterocycles. The fraction of sp³-hybridized carbons (Fsp3) is 0.312. The number of hydrogen-bond donors (Lipinski definition) is 3. The number of aromatic hydroxyl groups is 1. The highest BCUT2D eigenvalue weighted by atomic mass is 79.9. The largest absolute Gasteiger partial charge is 0.505 e. The number of ether oxygens (including phenoxy) is 1. The van der Waals surface area contributed by atoms with Gasteiger partial charge in [-0.05, 0) is 39.0 Å². The number of carbonyl (C=O) groups is 2. The van der Waals surface area contributed by atoms with Crippen molar-refractivity contribution in [3.63, 3.8) is 0 Å². The average Bonchev–Trinajstić information content (AvgIpc) is 2.46. The number of benzene rings is 1. The molecule has 8 heteroatoms. The van der Waals surface area contributed by atoms with Crippen molar-refractivity contribution in [3.8, 4) is 5.75 Å². The highest BCUT2D eigenvalue weighted by Gasteiger charge is 2.17. The maximum Gasteiger partial charge on any atom is 0.408 e. The van der Waals surface area contributed by atoms with E-state index in [0.29, 0.717) is 10.9 Å². The van der Waals surface area contributed by atoms with Crippen molar-refractivity contribution in [1.29, 1.82) is 0 Å². The molecule has 0 unspecified atom stereocenters. The molecule has 0 fully saturated rings. The molecule has 2 aromatic rings. The van der Waals surface area contributed by atoms with Crippen LogP contribution in [0.15, 0.2) is 28.9 Å². The lowest BCUT2D eigenvalue weighted by molar-refractivity contribution is -0.115. The van der Waals surface area contributed by atoms with Crippen LogP contribution in [0.5, 0.6) is 5.75 Å². The van der Waals surface area contributed by atoms with Crippen LogP contribution < -0.4 is 10.6 Å². The number of anilines is 1. The first kappa shape index (κ1) is 18.0. The van der Waals surface area contributed by atoms with Crippen molar-refractivity contribution in [2.75, 3.05) is 11.9 Å². The van der Waals surface area contributed by atoms with Gasteiger partial charge >= 0.3 is 6.09 Å². The summed E-state index contributed by atoms with van der Waals surface area (Å²) in [6.45, 7) is 4.89. The number of pyridine rings is 1. The fourth-order valence-electron chi connectivity index (χ4n) is 1.90. The van der Waals surface area contributed by atoms with Gasteiger partial charge in [-0.1, -0.05) is 15.9 Å². The molecular weight excluding hydrogens is 378 g/mol. The number of alkyl carbamates (subject to hydrolysis) is 1. The number of fused-ring (bicyclic) bond motifs is 1. The van der Waals surface area contributed by atoms with E-state index in [1.807, 2.05) is 0 Å². The minimum atomic E-state index is -0.691. The number of amides is 2. The van der Waals surface area contributed by atoms with E-state index in [2.05, 4.69) is 31.5 Å². The van der Waals surface area contributed by atoms with Gasteiger partial charge in [-0.15, -0.1) is 0 Å². The van der Waals surface area contributed by atoms with E-state index in [-0.39, 0.29) is 18.0 Å². The zero-order chi connectivity index (χ0) is 17.9. The maximum absolute atomic E-state index is 11.9. The third kappa shape index (κ3) is 4.82. The molecule has 0 aliphatic carbocycles. The van der Waals surface area contributed by atoms with E-state index in [4.69, 9.17) is 4.74 Å². The Morgan fingerprint density at radius 3 is 2.71 bits per heavy atom. The smallest absolute Gasteiger partial charge is 0.408 e. The molecule has 7 nitrogen and oxygen atoms in total. The van der Waals surface area contributed by atoms with E-state index < -0.39 is 17.6 Å². The van der Waals surface area contributed by atoms with Crippen molar-refractivity contribution in [3.05, 3.63) is 28.9 Å². The molecule has 24 heavy (non-hydrogen) atoms. The summed E-state index contributed by atoms with van der Waals surface area (Å²) in [5.41, 5.74) is 0.114. The number of hydrogen-bond acceptors (Lipinski definition) is 5. The molecule has 0 radical (unpaired) electrons. The van der Waals surface area contributed by atoms with Gasteiger partial charge in [0.1, 0.15) is 23.6 Å². The summed E-state index contributed by atoms with van der Waals surface area (Å²) in [5.74, 6) is -0.590. The number of halogens is 1. The second kappa shape index (κ2) is 7.04. The molecule has 3 N–H and O–H groups in total. The summed E-state index contributed by atoms with van der Waals surface area (Å²) >= 11 is 3.33. The molecule has 2 amide bonds. The molecule has 0 atom stereocenters. The van der Waals surface area contributed by atoms with Gasteiger partial charge in [0, 0.05) is 9.86 Å². The molecule has 0 aliphatic heterocycles. The molecule has 0 saturated carbocycles. The predicted molar refractivity (Wildman–Crippen MR) is 94.0 cm³/mol. The minimum Gasteiger partial charge on any atom is -0.505 e. The maximum atomic E-state index is 11.9. The number of rotatable bonds is 3. The quantitative estimate of drug-likeness (QED) is 0.740. The van der Waals surface area contributed by atoms with Crippen LogP contribution in [0.25, 0.3) is 10.9 Å². The lowest BCUT2D eigenvalue weighted by atomic mass is 10.2. The van der Waals surface area contributed by atoms with E-state index in [1.165, 1.54) is 6.20 Å². The molecule has 128 valence electrons. The van der Waals surface area contributed by atoms with Crippen molar-refractivity contribution >= 4 is 44.5 Å². The fourth-order valence-corrected chi connectivity index (χ4v) is 2.25. The normalized spacial score (nSPS) is 11.2. The minimum absolute atomic E-state index is 0.0851. The van der Waals surface area contributed by atoms with Gasteiger partial charge in [-0.25, -0.2) is 4.79 Å². The molecule has 0 saturated heterocycles. The van der Waals surface area contributed by atoms with Gasteiger partial charge < -0.3 is 20.5 Å². The molecule has 2 rings (SSSR count). The van der Waals surface area contributed by atoms with Crippen LogP contribution in [0.3, 0.4) is 0 Å². The molecule has 0 aliphatic rings. The van der Waals surface area contributed by atoms with Crippen molar-refractivity contribution < 1.29 is 19.4 Å². The van der Waals surface area contributed by atoms with E-state index in [9.17, 15) is 14.7 Å². The summed E-state index contributed by atoms with van der Waals surface area (Å²) in [5, 5.41) is 15.6. The Balaban J connectivity index is 2.02. The monoisotopic (exact) mass is 395 g/mol. The molecule has 0 bridgehead atoms.